The monoisotopic (exact) mass is 602 g/mol. The molecule has 0 unspecified atom stereocenters. The average molecular weight is 603 g/mol. The van der Waals surface area contributed by atoms with Gasteiger partial charge in [0.25, 0.3) is 5.91 Å². The van der Waals surface area contributed by atoms with Crippen LogP contribution in [-0.2, 0) is 23.1 Å². The van der Waals surface area contributed by atoms with Crippen LogP contribution in [0.25, 0.3) is 22.2 Å². The molecule has 3 N–H and O–H groups in total. The van der Waals surface area contributed by atoms with Gasteiger partial charge in [-0.25, -0.2) is 4.79 Å². The summed E-state index contributed by atoms with van der Waals surface area (Å²) < 4.78 is 2.67. The zero-order valence-electron chi connectivity index (χ0n) is 18.7. The molecule has 0 radical (unpaired) electrons. The fourth-order valence-corrected chi connectivity index (χ4v) is 5.16. The second-order valence-corrected chi connectivity index (χ2v) is 9.62. The third-order valence-corrected chi connectivity index (χ3v) is 7.24. The number of benzene rings is 3. The van der Waals surface area contributed by atoms with Crippen LogP contribution >= 0.6 is 34.2 Å². The van der Waals surface area contributed by atoms with Crippen LogP contribution in [0.15, 0.2) is 54.6 Å². The number of halogens is 2. The van der Waals surface area contributed by atoms with Crippen molar-refractivity contribution in [2.45, 2.75) is 13.3 Å². The third-order valence-electron chi connectivity index (χ3n) is 5.72. The van der Waals surface area contributed by atoms with Gasteiger partial charge in [0.05, 0.1) is 11.2 Å². The molecule has 1 amide bonds. The van der Waals surface area contributed by atoms with Crippen molar-refractivity contribution in [1.29, 1.82) is 0 Å². The number of aromatic carboxylic acids is 1. The topological polar surface area (TPSA) is 109 Å². The Morgan fingerprint density at radius 3 is 2.51 bits per heavy atom. The van der Waals surface area contributed by atoms with E-state index in [1.54, 1.807) is 30.3 Å². The summed E-state index contributed by atoms with van der Waals surface area (Å²) in [6.45, 7) is 1.81. The molecule has 0 saturated carbocycles. The molecule has 178 valence electrons. The average Bonchev–Trinajstić information content (AvgIpc) is 3.04. The van der Waals surface area contributed by atoms with Crippen molar-refractivity contribution in [2.24, 2.45) is 7.05 Å². The Morgan fingerprint density at radius 2 is 1.83 bits per heavy atom. The van der Waals surface area contributed by atoms with E-state index in [1.165, 1.54) is 12.1 Å². The lowest BCUT2D eigenvalue weighted by Gasteiger charge is -2.09. The van der Waals surface area contributed by atoms with Gasteiger partial charge in [-0.2, -0.15) is 0 Å². The molecule has 0 bridgehead atoms. The first-order valence-electron chi connectivity index (χ1n) is 10.5. The highest BCUT2D eigenvalue weighted by atomic mass is 127. The lowest BCUT2D eigenvalue weighted by molar-refractivity contribution is -0.134. The molecule has 7 nitrogen and oxygen atoms in total. The van der Waals surface area contributed by atoms with Gasteiger partial charge in [0.2, 0.25) is 5.78 Å². The minimum atomic E-state index is -1.21. The van der Waals surface area contributed by atoms with Crippen molar-refractivity contribution in [3.05, 3.63) is 79.9 Å². The molecular formula is C26H20ClIN2O5. The summed E-state index contributed by atoms with van der Waals surface area (Å²) in [5.41, 5.74) is 4.04. The predicted octanol–water partition coefficient (Wildman–Crippen LogP) is 5.57. The SMILES string of the molecule is Cc1cc(NC(=O)C(=O)Cc2cccc(-c3c(I)c4cc(C(=O)O)c(O)cc4n3C)c2)ccc1Cl. The van der Waals surface area contributed by atoms with E-state index >= 15 is 0 Å². The number of carbonyl (C=O) groups is 3. The Bertz CT molecular complexity index is 1530. The number of carboxylic acid groups (broad SMARTS) is 1. The van der Waals surface area contributed by atoms with Crippen molar-refractivity contribution in [3.8, 4) is 17.0 Å². The number of hydrogen-bond acceptors (Lipinski definition) is 4. The van der Waals surface area contributed by atoms with E-state index in [-0.39, 0.29) is 17.7 Å². The maximum Gasteiger partial charge on any atom is 0.339 e. The summed E-state index contributed by atoms with van der Waals surface area (Å²) in [5, 5.41) is 23.4. The number of carboxylic acids is 1. The van der Waals surface area contributed by atoms with Gasteiger partial charge in [-0.3, -0.25) is 9.59 Å². The number of ketones is 1. The Kier molecular flexibility index (Phi) is 6.86. The number of phenols is 1. The van der Waals surface area contributed by atoms with Crippen LogP contribution < -0.4 is 5.32 Å². The molecule has 0 aliphatic rings. The second kappa shape index (κ2) is 9.71. The number of aromatic hydroxyl groups is 1. The standard InChI is InChI=1S/C26H20ClIN2O5/c1-13-8-16(6-7-19(13)27)29-25(33)22(32)10-14-4-3-5-15(9-14)24-23(28)17-11-18(26(34)35)21(31)12-20(17)30(24)2/h3-9,11-12,31H,10H2,1-2H3,(H,29,33)(H,34,35). The molecular weight excluding hydrogens is 583 g/mol. The summed E-state index contributed by atoms with van der Waals surface area (Å²) in [6.07, 6.45) is -0.0866. The van der Waals surface area contributed by atoms with Crippen LogP contribution in [0.3, 0.4) is 0 Å². The van der Waals surface area contributed by atoms with Gasteiger partial charge < -0.3 is 20.1 Å². The molecule has 0 spiro atoms. The fraction of sp³-hybridized carbons (Fsp3) is 0.115. The van der Waals surface area contributed by atoms with Crippen molar-refractivity contribution in [3.63, 3.8) is 0 Å². The van der Waals surface area contributed by atoms with Crippen LogP contribution in [0.2, 0.25) is 5.02 Å². The van der Waals surface area contributed by atoms with E-state index in [0.717, 1.165) is 20.4 Å². The number of amides is 1. The summed E-state index contributed by atoms with van der Waals surface area (Å²) in [6, 6.07) is 15.1. The molecule has 0 fully saturated rings. The number of rotatable bonds is 6. The van der Waals surface area contributed by atoms with Crippen LogP contribution in [0.4, 0.5) is 5.69 Å². The number of aryl methyl sites for hydroxylation is 2. The molecule has 0 atom stereocenters. The van der Waals surface area contributed by atoms with Crippen LogP contribution in [0, 0.1) is 10.5 Å². The summed E-state index contributed by atoms with van der Waals surface area (Å²) in [5.74, 6) is -2.82. The summed E-state index contributed by atoms with van der Waals surface area (Å²) in [4.78, 5) is 36.5. The molecule has 4 rings (SSSR count). The Hall–Kier alpha value is -3.37. The van der Waals surface area contributed by atoms with Gasteiger partial charge in [-0.1, -0.05) is 29.8 Å². The zero-order valence-corrected chi connectivity index (χ0v) is 21.6. The number of anilines is 1. The molecule has 1 heterocycles. The molecule has 1 aromatic heterocycles. The molecule has 9 heteroatoms. The van der Waals surface area contributed by atoms with Gasteiger partial charge in [-0.05, 0) is 76.5 Å². The number of hydrogen-bond donors (Lipinski definition) is 3. The first-order valence-corrected chi connectivity index (χ1v) is 12.0. The molecule has 0 aliphatic carbocycles. The number of fused-ring (bicyclic) bond motifs is 1. The minimum Gasteiger partial charge on any atom is -0.507 e. The maximum absolute atomic E-state index is 12.6. The zero-order chi connectivity index (χ0) is 25.4. The first-order chi connectivity index (χ1) is 16.6. The van der Waals surface area contributed by atoms with E-state index in [1.807, 2.05) is 30.7 Å². The minimum absolute atomic E-state index is 0.0866. The van der Waals surface area contributed by atoms with E-state index in [4.69, 9.17) is 11.6 Å². The Morgan fingerprint density at radius 1 is 1.09 bits per heavy atom. The van der Waals surface area contributed by atoms with E-state index in [0.29, 0.717) is 27.2 Å². The molecule has 0 aliphatic heterocycles. The highest BCUT2D eigenvalue weighted by Gasteiger charge is 2.20. The summed E-state index contributed by atoms with van der Waals surface area (Å²) in [7, 11) is 1.82. The Labute approximate surface area is 219 Å². The van der Waals surface area contributed by atoms with Crippen LogP contribution in [-0.4, -0.2) is 32.4 Å². The summed E-state index contributed by atoms with van der Waals surface area (Å²) >= 11 is 8.15. The number of carbonyl (C=O) groups excluding carboxylic acids is 2. The largest absolute Gasteiger partial charge is 0.507 e. The van der Waals surface area contributed by atoms with E-state index in [2.05, 4.69) is 27.9 Å². The molecule has 4 aromatic rings. The van der Waals surface area contributed by atoms with Gasteiger partial charge >= 0.3 is 5.97 Å². The second-order valence-electron chi connectivity index (χ2n) is 8.13. The van der Waals surface area contributed by atoms with Crippen molar-refractivity contribution < 1.29 is 24.6 Å². The van der Waals surface area contributed by atoms with E-state index < -0.39 is 17.7 Å². The number of nitrogens with zero attached hydrogens (tertiary/aromatic N) is 1. The van der Waals surface area contributed by atoms with Gasteiger partial charge in [0.15, 0.2) is 0 Å². The smallest absolute Gasteiger partial charge is 0.339 e. The highest BCUT2D eigenvalue weighted by molar-refractivity contribution is 14.1. The van der Waals surface area contributed by atoms with Gasteiger partial charge in [0, 0.05) is 39.2 Å². The van der Waals surface area contributed by atoms with Crippen molar-refractivity contribution >= 4 is 68.4 Å². The number of aromatic nitrogens is 1. The lowest BCUT2D eigenvalue weighted by Crippen LogP contribution is -2.24. The lowest BCUT2D eigenvalue weighted by atomic mass is 10.0. The fourth-order valence-electron chi connectivity index (χ4n) is 3.93. The molecule has 0 saturated heterocycles. The number of Topliss-reactive ketones (excluding diaryl/α,β-unsaturated/α-hetero) is 1. The normalized spacial score (nSPS) is 11.0. The van der Waals surface area contributed by atoms with E-state index in [9.17, 15) is 24.6 Å². The molecule has 3 aromatic carbocycles. The third kappa shape index (κ3) is 4.89. The maximum atomic E-state index is 12.6. The van der Waals surface area contributed by atoms with Crippen molar-refractivity contribution in [2.75, 3.05) is 5.32 Å². The van der Waals surface area contributed by atoms with Gasteiger partial charge in [0.1, 0.15) is 11.3 Å². The quantitative estimate of drug-likeness (QED) is 0.198. The molecule has 35 heavy (non-hydrogen) atoms. The first kappa shape index (κ1) is 24.7. The van der Waals surface area contributed by atoms with Crippen molar-refractivity contribution in [1.82, 2.24) is 4.57 Å². The number of nitrogens with one attached hydrogen (secondary N) is 1. The highest BCUT2D eigenvalue weighted by Crippen LogP contribution is 2.37. The van der Waals surface area contributed by atoms with Gasteiger partial charge in [-0.15, -0.1) is 0 Å². The predicted molar refractivity (Wildman–Crippen MR) is 143 cm³/mol. The van der Waals surface area contributed by atoms with Crippen LogP contribution in [0.5, 0.6) is 5.75 Å². The van der Waals surface area contributed by atoms with Crippen LogP contribution in [0.1, 0.15) is 21.5 Å². The Balaban J connectivity index is 1.61.